The largest absolute Gasteiger partial charge is 0.345 e. The highest BCUT2D eigenvalue weighted by Gasteiger charge is 2.15. The van der Waals surface area contributed by atoms with Gasteiger partial charge in [-0.1, -0.05) is 310 Å². The Morgan fingerprint density at radius 1 is 0.277 bits per heavy atom. The number of nitrogens with zero attached hydrogens (tertiary/aromatic N) is 3. The predicted octanol–water partition coefficient (Wildman–Crippen LogP) is 20.1. The molecule has 0 aliphatic carbocycles. The molecule has 0 amide bonds. The number of fused-ring (bicyclic) bond motifs is 1. The molecule has 0 saturated heterocycles. The highest BCUT2D eigenvalue weighted by atomic mass is 16.1. The van der Waals surface area contributed by atoms with Crippen molar-refractivity contribution in [3.8, 4) is 0 Å². The first-order valence-corrected chi connectivity index (χ1v) is 30.0. The summed E-state index contributed by atoms with van der Waals surface area (Å²) in [7, 11) is 0. The Hall–Kier alpha value is -1.78. The van der Waals surface area contributed by atoms with Crippen LogP contribution < -0.4 is 5.69 Å². The van der Waals surface area contributed by atoms with Gasteiger partial charge in [0, 0.05) is 12.1 Å². The molecule has 1 N–H and O–H groups in total. The number of aryl methyl sites for hydroxylation is 3. The molecule has 2 heterocycles. The number of aromatic amines is 1. The van der Waals surface area contributed by atoms with Gasteiger partial charge in [-0.25, -0.2) is 14.8 Å². The monoisotopic (exact) mass is 905 g/mol. The third-order valence-electron chi connectivity index (χ3n) is 14.6. The SMILES string of the molecule is CCCCCCCCCCCCCCCCCCc1nc(CCCCCCCCCCCCCCCCCC)c2nc(=O)[nH]c(CCCCCCCCCCCCCCCCCC)c2n1. The standard InChI is InChI=1S/C60H112N4O/c1-4-7-10-13-16-19-22-25-28-31-34-37-40-43-46-49-52-55-59-58(63-57(61-55)54-51-48-45-42-39-36-33-30-27-24-21-18-15-12-9-6-3)56(62-60(65)64-59)53-50-47-44-41-38-35-32-29-26-23-20-17-14-11-8-5-2/h4-54H2,1-3H3,(H,62,64,65). The normalized spacial score (nSPS) is 11.7. The molecule has 0 aliphatic heterocycles. The van der Waals surface area contributed by atoms with Gasteiger partial charge in [-0.2, -0.15) is 4.98 Å². The molecular weight excluding hydrogens is 793 g/mol. The fourth-order valence-corrected chi connectivity index (χ4v) is 10.2. The molecule has 5 nitrogen and oxygen atoms in total. The van der Waals surface area contributed by atoms with Crippen molar-refractivity contribution in [3.63, 3.8) is 0 Å². The average Bonchev–Trinajstić information content (AvgIpc) is 3.31. The van der Waals surface area contributed by atoms with Crippen molar-refractivity contribution in [2.24, 2.45) is 0 Å². The lowest BCUT2D eigenvalue weighted by atomic mass is 10.0. The van der Waals surface area contributed by atoms with E-state index in [9.17, 15) is 4.79 Å². The van der Waals surface area contributed by atoms with Gasteiger partial charge in [0.15, 0.2) is 0 Å². The van der Waals surface area contributed by atoms with Gasteiger partial charge in [0.25, 0.3) is 0 Å². The lowest BCUT2D eigenvalue weighted by Gasteiger charge is -2.11. The number of nitrogens with one attached hydrogen (secondary N) is 1. The quantitative estimate of drug-likeness (QED) is 0.0672. The summed E-state index contributed by atoms with van der Waals surface area (Å²) in [5, 5.41) is 0. The number of hydrogen-bond donors (Lipinski definition) is 1. The molecule has 0 bridgehead atoms. The number of aromatic nitrogens is 4. The number of unbranched alkanes of at least 4 members (excludes halogenated alkanes) is 45. The van der Waals surface area contributed by atoms with E-state index in [4.69, 9.17) is 9.97 Å². The van der Waals surface area contributed by atoms with Crippen molar-refractivity contribution in [2.45, 2.75) is 348 Å². The maximum absolute atomic E-state index is 13.0. The first-order valence-electron chi connectivity index (χ1n) is 30.0. The summed E-state index contributed by atoms with van der Waals surface area (Å²) in [4.78, 5) is 30.9. The topological polar surface area (TPSA) is 71.5 Å². The van der Waals surface area contributed by atoms with Crippen LogP contribution in [0.1, 0.15) is 346 Å². The van der Waals surface area contributed by atoms with Crippen LogP contribution in [0.4, 0.5) is 0 Å². The fourth-order valence-electron chi connectivity index (χ4n) is 10.2. The molecule has 0 radical (unpaired) electrons. The van der Waals surface area contributed by atoms with Gasteiger partial charge in [0.05, 0.1) is 5.69 Å². The van der Waals surface area contributed by atoms with Crippen LogP contribution in [0.2, 0.25) is 0 Å². The molecule has 65 heavy (non-hydrogen) atoms. The lowest BCUT2D eigenvalue weighted by Crippen LogP contribution is -2.17. The third kappa shape index (κ3) is 35.1. The molecule has 0 atom stereocenters. The van der Waals surface area contributed by atoms with Gasteiger partial charge in [0.2, 0.25) is 0 Å². The number of H-pyrrole nitrogens is 1. The van der Waals surface area contributed by atoms with Crippen LogP contribution in [0.25, 0.3) is 11.0 Å². The van der Waals surface area contributed by atoms with Gasteiger partial charge in [-0.15, -0.1) is 0 Å². The zero-order chi connectivity index (χ0) is 46.4. The maximum Gasteiger partial charge on any atom is 0.345 e. The Bertz CT molecular complexity index is 1350. The smallest absolute Gasteiger partial charge is 0.308 e. The zero-order valence-electron chi connectivity index (χ0n) is 44.3. The lowest BCUT2D eigenvalue weighted by molar-refractivity contribution is 0.528. The molecule has 0 unspecified atom stereocenters. The van der Waals surface area contributed by atoms with E-state index in [2.05, 4.69) is 30.7 Å². The van der Waals surface area contributed by atoms with Crippen LogP contribution in [-0.4, -0.2) is 19.9 Å². The van der Waals surface area contributed by atoms with Crippen molar-refractivity contribution in [2.75, 3.05) is 0 Å². The molecule has 0 aromatic carbocycles. The molecule has 2 aromatic rings. The van der Waals surface area contributed by atoms with Gasteiger partial charge in [0.1, 0.15) is 16.9 Å². The van der Waals surface area contributed by atoms with Crippen LogP contribution in [0.15, 0.2) is 4.79 Å². The maximum atomic E-state index is 13.0. The van der Waals surface area contributed by atoms with E-state index >= 15 is 0 Å². The zero-order valence-corrected chi connectivity index (χ0v) is 44.3. The Balaban J connectivity index is 1.76. The van der Waals surface area contributed by atoms with Crippen molar-refractivity contribution >= 4 is 11.0 Å². The summed E-state index contributed by atoms with van der Waals surface area (Å²) in [5.74, 6) is 0.969. The molecule has 0 saturated carbocycles. The molecular formula is C60H112N4O. The van der Waals surface area contributed by atoms with Crippen LogP contribution in [0.5, 0.6) is 0 Å². The van der Waals surface area contributed by atoms with Gasteiger partial charge < -0.3 is 4.98 Å². The molecule has 2 aromatic heterocycles. The third-order valence-corrected chi connectivity index (χ3v) is 14.6. The van der Waals surface area contributed by atoms with E-state index in [0.29, 0.717) is 0 Å². The van der Waals surface area contributed by atoms with Crippen LogP contribution in [0.3, 0.4) is 0 Å². The summed E-state index contributed by atoms with van der Waals surface area (Å²) >= 11 is 0. The Kier molecular flexibility index (Phi) is 42.0. The Morgan fingerprint density at radius 2 is 0.538 bits per heavy atom. The highest BCUT2D eigenvalue weighted by molar-refractivity contribution is 5.78. The molecule has 378 valence electrons. The second-order valence-electron chi connectivity index (χ2n) is 21.0. The van der Waals surface area contributed by atoms with Crippen molar-refractivity contribution in [3.05, 3.63) is 27.7 Å². The first kappa shape index (κ1) is 59.3. The molecule has 5 heteroatoms. The Morgan fingerprint density at radius 3 is 0.846 bits per heavy atom. The molecule has 0 aliphatic rings. The van der Waals surface area contributed by atoms with Crippen LogP contribution >= 0.6 is 0 Å². The van der Waals surface area contributed by atoms with E-state index in [-0.39, 0.29) is 5.69 Å². The van der Waals surface area contributed by atoms with Crippen LogP contribution in [0, 0.1) is 0 Å². The van der Waals surface area contributed by atoms with E-state index in [1.807, 2.05) is 0 Å². The summed E-state index contributed by atoms with van der Waals surface area (Å²) in [6.07, 6.45) is 68.7. The van der Waals surface area contributed by atoms with E-state index in [1.165, 1.54) is 289 Å². The minimum absolute atomic E-state index is 0.230. The average molecular weight is 906 g/mol. The van der Waals surface area contributed by atoms with E-state index in [0.717, 1.165) is 66.8 Å². The summed E-state index contributed by atoms with van der Waals surface area (Å²) in [6, 6.07) is 0. The number of rotatable bonds is 51. The minimum Gasteiger partial charge on any atom is -0.308 e. The summed E-state index contributed by atoms with van der Waals surface area (Å²) < 4.78 is 0. The van der Waals surface area contributed by atoms with Crippen molar-refractivity contribution in [1.29, 1.82) is 0 Å². The van der Waals surface area contributed by atoms with Gasteiger partial charge in [-0.05, 0) is 32.1 Å². The summed E-state index contributed by atoms with van der Waals surface area (Å²) in [6.45, 7) is 6.91. The second-order valence-corrected chi connectivity index (χ2v) is 21.0. The van der Waals surface area contributed by atoms with Crippen molar-refractivity contribution < 1.29 is 0 Å². The highest BCUT2D eigenvalue weighted by Crippen LogP contribution is 2.22. The number of hydrogen-bond acceptors (Lipinski definition) is 4. The molecule has 0 fully saturated rings. The fraction of sp³-hybridized carbons (Fsp3) is 0.900. The van der Waals surface area contributed by atoms with Gasteiger partial charge >= 0.3 is 5.69 Å². The van der Waals surface area contributed by atoms with Crippen LogP contribution in [-0.2, 0) is 19.3 Å². The summed E-state index contributed by atoms with van der Waals surface area (Å²) in [5.41, 5.74) is 3.49. The second kappa shape index (κ2) is 46.0. The van der Waals surface area contributed by atoms with Crippen molar-refractivity contribution in [1.82, 2.24) is 19.9 Å². The minimum atomic E-state index is -0.230. The predicted molar refractivity (Wildman–Crippen MR) is 288 cm³/mol. The first-order chi connectivity index (χ1) is 32.2. The van der Waals surface area contributed by atoms with E-state index in [1.54, 1.807) is 0 Å². The molecule has 0 spiro atoms. The van der Waals surface area contributed by atoms with E-state index < -0.39 is 0 Å². The van der Waals surface area contributed by atoms with Gasteiger partial charge in [-0.3, -0.25) is 0 Å². The Labute approximate surface area is 405 Å². The molecule has 2 rings (SSSR count).